The number of hydrogen-bond acceptors (Lipinski definition) is 5. The van der Waals surface area contributed by atoms with Crippen LogP contribution in [0.15, 0.2) is 48.8 Å². The Hall–Kier alpha value is -2.86. The molecule has 2 aromatic heterocycles. The zero-order chi connectivity index (χ0) is 19.3. The molecule has 0 fully saturated rings. The first-order valence-corrected chi connectivity index (χ1v) is 10.3. The molecule has 5 nitrogen and oxygen atoms in total. The van der Waals surface area contributed by atoms with Crippen LogP contribution in [-0.2, 0) is 19.4 Å². The van der Waals surface area contributed by atoms with Crippen molar-refractivity contribution in [1.82, 2.24) is 4.98 Å². The highest BCUT2D eigenvalue weighted by molar-refractivity contribution is 7.16. The van der Waals surface area contributed by atoms with Gasteiger partial charge in [0, 0.05) is 29.5 Å². The first kappa shape index (κ1) is 18.5. The van der Waals surface area contributed by atoms with Gasteiger partial charge in [0.2, 0.25) is 0 Å². The molecule has 1 aromatic carbocycles. The average Bonchev–Trinajstić information content (AvgIpc) is 3.12. The van der Waals surface area contributed by atoms with Gasteiger partial charge < -0.3 is 15.4 Å². The summed E-state index contributed by atoms with van der Waals surface area (Å²) in [5.41, 5.74) is 3.85. The normalized spacial score (nSPS) is 12.9. The first-order valence-electron chi connectivity index (χ1n) is 9.47. The smallest absolute Gasteiger partial charge is 0.258 e. The molecule has 2 heterocycles. The van der Waals surface area contributed by atoms with Crippen molar-refractivity contribution >= 4 is 27.9 Å². The van der Waals surface area contributed by atoms with Gasteiger partial charge in [-0.1, -0.05) is 6.07 Å². The summed E-state index contributed by atoms with van der Waals surface area (Å²) in [7, 11) is 1.63. The molecular formula is C22H23N3O2S. The Labute approximate surface area is 168 Å². The Morgan fingerprint density at radius 2 is 2.00 bits per heavy atom. The number of anilines is 2. The summed E-state index contributed by atoms with van der Waals surface area (Å²) in [4.78, 5) is 18.6. The van der Waals surface area contributed by atoms with Crippen molar-refractivity contribution in [3.05, 3.63) is 70.4 Å². The number of methoxy groups -OCH3 is 1. The maximum Gasteiger partial charge on any atom is 0.258 e. The van der Waals surface area contributed by atoms with Gasteiger partial charge in [0.1, 0.15) is 10.8 Å². The van der Waals surface area contributed by atoms with Gasteiger partial charge in [-0.05, 0) is 67.1 Å². The first-order chi connectivity index (χ1) is 13.7. The van der Waals surface area contributed by atoms with Crippen molar-refractivity contribution in [3.8, 4) is 5.75 Å². The fraction of sp³-hybridized carbons (Fsp3) is 0.273. The average molecular weight is 394 g/mol. The maximum absolute atomic E-state index is 13.1. The second-order valence-electron chi connectivity index (χ2n) is 6.81. The molecule has 0 aliphatic heterocycles. The lowest BCUT2D eigenvalue weighted by Crippen LogP contribution is -2.16. The summed E-state index contributed by atoms with van der Waals surface area (Å²) >= 11 is 1.71. The maximum atomic E-state index is 13.1. The molecule has 6 heteroatoms. The lowest BCUT2D eigenvalue weighted by Gasteiger charge is -2.14. The number of nitrogens with one attached hydrogen (secondary N) is 2. The van der Waals surface area contributed by atoms with Crippen molar-refractivity contribution in [2.75, 3.05) is 17.7 Å². The Morgan fingerprint density at radius 3 is 2.75 bits per heavy atom. The summed E-state index contributed by atoms with van der Waals surface area (Å²) in [5.74, 6) is 0.711. The second kappa shape index (κ2) is 8.44. The number of nitrogens with zero attached hydrogens (tertiary/aromatic N) is 1. The Kier molecular flexibility index (Phi) is 5.58. The van der Waals surface area contributed by atoms with Gasteiger partial charge in [-0.25, -0.2) is 0 Å². The van der Waals surface area contributed by atoms with E-state index in [4.69, 9.17) is 4.74 Å². The van der Waals surface area contributed by atoms with Gasteiger partial charge in [-0.3, -0.25) is 9.78 Å². The van der Waals surface area contributed by atoms with Gasteiger partial charge in [0.05, 0.1) is 12.7 Å². The number of aromatic nitrogens is 1. The van der Waals surface area contributed by atoms with Gasteiger partial charge in [-0.2, -0.15) is 0 Å². The number of carbonyl (C=O) groups is 1. The van der Waals surface area contributed by atoms with Crippen LogP contribution >= 0.6 is 11.3 Å². The number of ether oxygens (including phenoxy) is 1. The predicted molar refractivity (Wildman–Crippen MR) is 113 cm³/mol. The Balaban J connectivity index is 1.58. The van der Waals surface area contributed by atoms with E-state index >= 15 is 0 Å². The molecule has 1 aliphatic rings. The summed E-state index contributed by atoms with van der Waals surface area (Å²) < 4.78 is 5.19. The third kappa shape index (κ3) is 4.02. The van der Waals surface area contributed by atoms with Crippen molar-refractivity contribution in [2.24, 2.45) is 0 Å². The number of rotatable bonds is 6. The fourth-order valence-electron chi connectivity index (χ4n) is 3.48. The van der Waals surface area contributed by atoms with E-state index in [1.165, 1.54) is 16.9 Å². The van der Waals surface area contributed by atoms with Crippen LogP contribution in [0.3, 0.4) is 0 Å². The highest BCUT2D eigenvalue weighted by atomic mass is 32.1. The molecule has 144 valence electrons. The van der Waals surface area contributed by atoms with E-state index in [0.29, 0.717) is 6.54 Å². The predicted octanol–water partition coefficient (Wildman–Crippen LogP) is 4.89. The van der Waals surface area contributed by atoms with Gasteiger partial charge in [0.25, 0.3) is 5.91 Å². The van der Waals surface area contributed by atoms with E-state index in [0.717, 1.165) is 46.8 Å². The number of amides is 1. The molecule has 3 aromatic rings. The molecular weight excluding hydrogens is 370 g/mol. The highest BCUT2D eigenvalue weighted by Crippen LogP contribution is 2.38. The number of fused-ring (bicyclic) bond motifs is 1. The van der Waals surface area contributed by atoms with Crippen LogP contribution in [0, 0.1) is 0 Å². The summed E-state index contributed by atoms with van der Waals surface area (Å²) in [5, 5.41) is 7.46. The van der Waals surface area contributed by atoms with E-state index in [1.807, 2.05) is 42.6 Å². The molecule has 0 saturated heterocycles. The van der Waals surface area contributed by atoms with Gasteiger partial charge in [0.15, 0.2) is 0 Å². The van der Waals surface area contributed by atoms with Crippen LogP contribution in [0.1, 0.15) is 39.2 Å². The van der Waals surface area contributed by atoms with Crippen LogP contribution < -0.4 is 15.4 Å². The summed E-state index contributed by atoms with van der Waals surface area (Å²) in [6.07, 6.45) is 7.95. The van der Waals surface area contributed by atoms with Crippen molar-refractivity contribution in [1.29, 1.82) is 0 Å². The third-order valence-electron chi connectivity index (χ3n) is 4.92. The molecule has 2 N–H and O–H groups in total. The minimum Gasteiger partial charge on any atom is -0.497 e. The van der Waals surface area contributed by atoms with Crippen LogP contribution in [0.5, 0.6) is 5.75 Å². The Bertz CT molecular complexity index is 952. The molecule has 1 aliphatic carbocycles. The largest absolute Gasteiger partial charge is 0.497 e. The summed E-state index contributed by atoms with van der Waals surface area (Å²) in [6, 6.07) is 11.4. The highest BCUT2D eigenvalue weighted by Gasteiger charge is 2.25. The lowest BCUT2D eigenvalue weighted by molar-refractivity contribution is 0.102. The topological polar surface area (TPSA) is 63.2 Å². The number of benzene rings is 1. The molecule has 0 atom stereocenters. The number of carbonyl (C=O) groups excluding carboxylic acids is 1. The van der Waals surface area contributed by atoms with Crippen molar-refractivity contribution < 1.29 is 9.53 Å². The summed E-state index contributed by atoms with van der Waals surface area (Å²) in [6.45, 7) is 0.649. The third-order valence-corrected chi connectivity index (χ3v) is 6.17. The van der Waals surface area contributed by atoms with E-state index in [-0.39, 0.29) is 5.91 Å². The zero-order valence-electron chi connectivity index (χ0n) is 15.8. The molecule has 0 saturated carbocycles. The molecule has 28 heavy (non-hydrogen) atoms. The minimum atomic E-state index is -0.0572. The molecule has 1 amide bonds. The SMILES string of the molecule is COc1ccc(NC(=O)c2c(NCc3cccnc3)sc3c2CCCC3)cc1. The van der Waals surface area contributed by atoms with Gasteiger partial charge in [-0.15, -0.1) is 11.3 Å². The molecule has 0 unspecified atom stereocenters. The standard InChI is InChI=1S/C22H23N3O2S/c1-27-17-10-8-16(9-11-17)25-21(26)20-18-6-2-3-7-19(18)28-22(20)24-14-15-5-4-12-23-13-15/h4-5,8-13,24H,2-3,6-7,14H2,1H3,(H,25,26). The van der Waals surface area contributed by atoms with Gasteiger partial charge >= 0.3 is 0 Å². The van der Waals surface area contributed by atoms with E-state index in [1.54, 1.807) is 24.6 Å². The van der Waals surface area contributed by atoms with Crippen molar-refractivity contribution in [2.45, 2.75) is 32.2 Å². The quantitative estimate of drug-likeness (QED) is 0.626. The minimum absolute atomic E-state index is 0.0572. The van der Waals surface area contributed by atoms with Crippen LogP contribution in [0.4, 0.5) is 10.7 Å². The monoisotopic (exact) mass is 393 g/mol. The molecule has 4 rings (SSSR count). The number of hydrogen-bond donors (Lipinski definition) is 2. The second-order valence-corrected chi connectivity index (χ2v) is 7.92. The van der Waals surface area contributed by atoms with E-state index in [9.17, 15) is 4.79 Å². The molecule has 0 radical (unpaired) electrons. The number of aryl methyl sites for hydroxylation is 1. The molecule has 0 bridgehead atoms. The Morgan fingerprint density at radius 1 is 1.18 bits per heavy atom. The van der Waals surface area contributed by atoms with Crippen LogP contribution in [0.25, 0.3) is 0 Å². The number of thiophene rings is 1. The van der Waals surface area contributed by atoms with Crippen LogP contribution in [-0.4, -0.2) is 18.0 Å². The van der Waals surface area contributed by atoms with Crippen LogP contribution in [0.2, 0.25) is 0 Å². The van der Waals surface area contributed by atoms with E-state index < -0.39 is 0 Å². The number of pyridine rings is 1. The van der Waals surface area contributed by atoms with Crippen molar-refractivity contribution in [3.63, 3.8) is 0 Å². The molecule has 0 spiro atoms. The lowest BCUT2D eigenvalue weighted by atomic mass is 9.95. The fourth-order valence-corrected chi connectivity index (χ4v) is 4.77. The van der Waals surface area contributed by atoms with E-state index in [2.05, 4.69) is 15.6 Å². The zero-order valence-corrected chi connectivity index (χ0v) is 16.6.